The molecule has 3 saturated heterocycles. The van der Waals surface area contributed by atoms with Gasteiger partial charge in [0.2, 0.25) is 0 Å². The van der Waals surface area contributed by atoms with E-state index in [1.54, 1.807) is 0 Å². The number of likely N-dealkylation sites (tertiary alicyclic amines) is 1. The highest BCUT2D eigenvalue weighted by atomic mass is 32.2. The lowest BCUT2D eigenvalue weighted by molar-refractivity contribution is -0.0944. The van der Waals surface area contributed by atoms with E-state index in [9.17, 15) is 0 Å². The van der Waals surface area contributed by atoms with Crippen LogP contribution in [0.2, 0.25) is 0 Å². The third-order valence-corrected chi connectivity index (χ3v) is 6.42. The molecule has 0 bridgehead atoms. The molecule has 0 aromatic heterocycles. The summed E-state index contributed by atoms with van der Waals surface area (Å²) >= 11 is 2.07. The van der Waals surface area contributed by atoms with Gasteiger partial charge in [0.05, 0.1) is 5.60 Å². The molecule has 3 fully saturated rings. The lowest BCUT2D eigenvalue weighted by atomic mass is 9.88. The summed E-state index contributed by atoms with van der Waals surface area (Å²) in [6.07, 6.45) is 9.12. The van der Waals surface area contributed by atoms with E-state index in [1.807, 2.05) is 0 Å². The molecule has 3 rings (SSSR count). The predicted molar refractivity (Wildman–Crippen MR) is 81.7 cm³/mol. The maximum Gasteiger partial charge on any atom is 0.0795 e. The Morgan fingerprint density at radius 3 is 3.00 bits per heavy atom. The van der Waals surface area contributed by atoms with Crippen LogP contribution < -0.4 is 5.73 Å². The number of ether oxygens (including phenoxy) is 1. The summed E-state index contributed by atoms with van der Waals surface area (Å²) in [6, 6.07) is 1.34. The summed E-state index contributed by atoms with van der Waals surface area (Å²) in [5.74, 6) is 2.50. The molecule has 3 atom stereocenters. The fraction of sp³-hybridized carbons (Fsp3) is 1.00. The molecule has 0 aromatic rings. The van der Waals surface area contributed by atoms with Crippen LogP contribution in [0.25, 0.3) is 0 Å². The molecule has 3 aliphatic heterocycles. The number of hydrogen-bond acceptors (Lipinski definition) is 4. The third-order valence-electron chi connectivity index (χ3n) is 5.20. The van der Waals surface area contributed by atoms with Crippen molar-refractivity contribution >= 4 is 11.8 Å². The Morgan fingerprint density at radius 2 is 2.21 bits per heavy atom. The van der Waals surface area contributed by atoms with Crippen LogP contribution in [0, 0.1) is 0 Å². The summed E-state index contributed by atoms with van der Waals surface area (Å²) < 4.78 is 6.17. The first-order valence-electron chi connectivity index (χ1n) is 8.00. The van der Waals surface area contributed by atoms with Crippen molar-refractivity contribution < 1.29 is 4.74 Å². The van der Waals surface area contributed by atoms with Gasteiger partial charge >= 0.3 is 0 Å². The normalized spacial score (nSPS) is 41.5. The van der Waals surface area contributed by atoms with Crippen molar-refractivity contribution in [3.63, 3.8) is 0 Å². The van der Waals surface area contributed by atoms with E-state index in [0.29, 0.717) is 6.04 Å². The van der Waals surface area contributed by atoms with Gasteiger partial charge in [0, 0.05) is 31.0 Å². The van der Waals surface area contributed by atoms with Crippen LogP contribution in [0.3, 0.4) is 0 Å². The molecule has 3 aliphatic rings. The van der Waals surface area contributed by atoms with E-state index >= 15 is 0 Å². The molecule has 4 heteroatoms. The van der Waals surface area contributed by atoms with E-state index in [4.69, 9.17) is 10.5 Å². The van der Waals surface area contributed by atoms with Gasteiger partial charge in [-0.15, -0.1) is 0 Å². The minimum atomic E-state index is 0.207. The maximum atomic E-state index is 6.17. The van der Waals surface area contributed by atoms with Crippen LogP contribution in [-0.4, -0.2) is 53.8 Å². The average Bonchev–Trinajstić information content (AvgIpc) is 2.75. The first-order valence-corrected chi connectivity index (χ1v) is 9.16. The van der Waals surface area contributed by atoms with Gasteiger partial charge in [-0.2, -0.15) is 11.8 Å². The van der Waals surface area contributed by atoms with Crippen molar-refractivity contribution in [1.82, 2.24) is 4.90 Å². The topological polar surface area (TPSA) is 38.5 Å². The molecule has 3 unspecified atom stereocenters. The molecule has 2 N–H and O–H groups in total. The van der Waals surface area contributed by atoms with Crippen molar-refractivity contribution in [1.29, 1.82) is 0 Å². The molecule has 3 heterocycles. The first-order chi connectivity index (χ1) is 9.33. The average molecular weight is 284 g/mol. The van der Waals surface area contributed by atoms with E-state index in [-0.39, 0.29) is 5.60 Å². The number of nitrogens with two attached hydrogens (primary N) is 1. The van der Waals surface area contributed by atoms with Gasteiger partial charge in [0.15, 0.2) is 0 Å². The minimum absolute atomic E-state index is 0.207. The smallest absolute Gasteiger partial charge is 0.0795 e. The summed E-state index contributed by atoms with van der Waals surface area (Å²) in [5.41, 5.74) is 6.25. The van der Waals surface area contributed by atoms with Gasteiger partial charge in [-0.05, 0) is 44.4 Å². The highest BCUT2D eigenvalue weighted by Gasteiger charge is 2.42. The van der Waals surface area contributed by atoms with Gasteiger partial charge < -0.3 is 10.5 Å². The maximum absolute atomic E-state index is 6.17. The first kappa shape index (κ1) is 14.2. The van der Waals surface area contributed by atoms with Gasteiger partial charge in [0.1, 0.15) is 0 Å². The lowest BCUT2D eigenvalue weighted by Crippen LogP contribution is -2.53. The van der Waals surface area contributed by atoms with Gasteiger partial charge in [0.25, 0.3) is 0 Å². The van der Waals surface area contributed by atoms with Crippen molar-refractivity contribution in [2.45, 2.75) is 62.6 Å². The van der Waals surface area contributed by atoms with E-state index in [2.05, 4.69) is 16.7 Å². The highest BCUT2D eigenvalue weighted by molar-refractivity contribution is 7.99. The second-order valence-corrected chi connectivity index (χ2v) is 7.56. The van der Waals surface area contributed by atoms with Crippen LogP contribution in [0.4, 0.5) is 0 Å². The van der Waals surface area contributed by atoms with E-state index < -0.39 is 0 Å². The molecular formula is C15H28N2OS. The van der Waals surface area contributed by atoms with Crippen LogP contribution in [0.15, 0.2) is 0 Å². The molecule has 3 nitrogen and oxygen atoms in total. The van der Waals surface area contributed by atoms with Gasteiger partial charge in [-0.25, -0.2) is 0 Å². The number of rotatable bonds is 2. The van der Waals surface area contributed by atoms with Gasteiger partial charge in [-0.3, -0.25) is 4.90 Å². The Hall–Kier alpha value is 0.230. The second kappa shape index (κ2) is 6.33. The monoisotopic (exact) mass is 284 g/mol. The molecule has 110 valence electrons. The SMILES string of the molecule is NCC1CCCCCN1C1CCOC2(CCSC2)C1. The number of nitrogens with zero attached hydrogens (tertiary/aromatic N) is 1. The second-order valence-electron chi connectivity index (χ2n) is 6.46. The summed E-state index contributed by atoms with van der Waals surface area (Å²) in [7, 11) is 0. The number of thioether (sulfide) groups is 1. The van der Waals surface area contributed by atoms with E-state index in [0.717, 1.165) is 19.2 Å². The molecule has 0 aliphatic carbocycles. The largest absolute Gasteiger partial charge is 0.374 e. The third kappa shape index (κ3) is 3.12. The Bertz CT molecular complexity index is 294. The van der Waals surface area contributed by atoms with Gasteiger partial charge in [-0.1, -0.05) is 12.8 Å². The van der Waals surface area contributed by atoms with Crippen LogP contribution in [0.5, 0.6) is 0 Å². The molecule has 19 heavy (non-hydrogen) atoms. The Morgan fingerprint density at radius 1 is 1.26 bits per heavy atom. The molecule has 1 spiro atoms. The Labute approximate surface area is 121 Å². The van der Waals surface area contributed by atoms with Crippen molar-refractivity contribution in [3.8, 4) is 0 Å². The van der Waals surface area contributed by atoms with Crippen LogP contribution in [-0.2, 0) is 4.74 Å². The highest BCUT2D eigenvalue weighted by Crippen LogP contribution is 2.40. The van der Waals surface area contributed by atoms with Crippen molar-refractivity contribution in [3.05, 3.63) is 0 Å². The van der Waals surface area contributed by atoms with Crippen molar-refractivity contribution in [2.24, 2.45) is 5.73 Å². The molecule has 0 aromatic carbocycles. The van der Waals surface area contributed by atoms with Crippen LogP contribution in [0.1, 0.15) is 44.9 Å². The molecule has 0 saturated carbocycles. The zero-order valence-electron chi connectivity index (χ0n) is 12.0. The Kier molecular flexibility index (Phi) is 4.73. The van der Waals surface area contributed by atoms with Crippen LogP contribution >= 0.6 is 11.8 Å². The lowest BCUT2D eigenvalue weighted by Gasteiger charge is -2.45. The molecule has 0 amide bonds. The standard InChI is InChI=1S/C15H28N2OS/c16-11-14-4-2-1-3-7-17(14)13-5-8-18-15(10-13)6-9-19-12-15/h13-14H,1-12,16H2. The fourth-order valence-electron chi connectivity index (χ4n) is 4.08. The molecular weight excluding hydrogens is 256 g/mol. The quantitative estimate of drug-likeness (QED) is 0.844. The summed E-state index contributed by atoms with van der Waals surface area (Å²) in [5, 5.41) is 0. The number of hydrogen-bond donors (Lipinski definition) is 1. The predicted octanol–water partition coefficient (Wildman–Crippen LogP) is 2.24. The minimum Gasteiger partial charge on any atom is -0.374 e. The van der Waals surface area contributed by atoms with E-state index in [1.165, 1.54) is 63.0 Å². The van der Waals surface area contributed by atoms with Crippen molar-refractivity contribution in [2.75, 3.05) is 31.2 Å². The molecule has 0 radical (unpaired) electrons. The Balaban J connectivity index is 1.68. The zero-order chi connectivity index (χ0) is 13.1. The zero-order valence-corrected chi connectivity index (χ0v) is 12.8. The summed E-state index contributed by atoms with van der Waals surface area (Å²) in [4.78, 5) is 2.75. The fourth-order valence-corrected chi connectivity index (χ4v) is 5.46. The summed E-state index contributed by atoms with van der Waals surface area (Å²) in [6.45, 7) is 3.05.